The summed E-state index contributed by atoms with van der Waals surface area (Å²) in [5, 5.41) is 11.2. The number of nitrogens with two attached hydrogens (primary N) is 1. The molecule has 0 unspecified atom stereocenters. The van der Waals surface area contributed by atoms with Crippen molar-refractivity contribution in [2.45, 2.75) is 12.8 Å². The zero-order valence-corrected chi connectivity index (χ0v) is 13.2. The van der Waals surface area contributed by atoms with Crippen molar-refractivity contribution in [3.63, 3.8) is 0 Å². The average molecular weight is 324 g/mol. The number of rotatable bonds is 8. The maximum atomic E-state index is 11.4. The Kier molecular flexibility index (Phi) is 6.89. The lowest BCUT2D eigenvalue weighted by molar-refractivity contribution is -0.121. The molecule has 1 saturated heterocycles. The molecule has 8 nitrogen and oxygen atoms in total. The minimum absolute atomic E-state index is 0.0558. The molecule has 0 bridgehead atoms. The van der Waals surface area contributed by atoms with E-state index in [1.807, 2.05) is 12.1 Å². The Balaban J connectivity index is 1.80. The zero-order valence-electron chi connectivity index (χ0n) is 13.2. The van der Waals surface area contributed by atoms with Gasteiger partial charge in [0.05, 0.1) is 26.4 Å². The van der Waals surface area contributed by atoms with Crippen molar-refractivity contribution < 1.29 is 19.4 Å². The van der Waals surface area contributed by atoms with Crippen LogP contribution in [0.3, 0.4) is 0 Å². The van der Waals surface area contributed by atoms with Crippen molar-refractivity contribution in [3.05, 3.63) is 12.1 Å². The second kappa shape index (κ2) is 9.16. The van der Waals surface area contributed by atoms with E-state index in [0.29, 0.717) is 44.4 Å². The number of aromatic nitrogens is 1. The zero-order chi connectivity index (χ0) is 16.5. The fourth-order valence-corrected chi connectivity index (χ4v) is 2.28. The summed E-state index contributed by atoms with van der Waals surface area (Å²) < 4.78 is 10.9. The van der Waals surface area contributed by atoms with Crippen LogP contribution in [0, 0.1) is 0 Å². The third-order valence-electron chi connectivity index (χ3n) is 3.41. The molecule has 0 spiro atoms. The molecule has 2 rings (SSSR count). The van der Waals surface area contributed by atoms with Gasteiger partial charge in [0.15, 0.2) is 0 Å². The standard InChI is InChI=1S/C15H24N4O4/c16-13-10-12(19-4-8-22-9-5-19)11-15(18-13)23-7-1-2-14(21)17-3-6-20/h10-11,20H,1-9H2,(H2,16,18)(H,17,21). The van der Waals surface area contributed by atoms with Gasteiger partial charge in [-0.1, -0.05) is 0 Å². The molecule has 0 radical (unpaired) electrons. The Morgan fingerprint density at radius 3 is 2.96 bits per heavy atom. The number of hydrogen-bond donors (Lipinski definition) is 3. The van der Waals surface area contributed by atoms with Crippen LogP contribution < -0.4 is 20.7 Å². The first kappa shape index (κ1) is 17.3. The first-order valence-electron chi connectivity index (χ1n) is 7.79. The highest BCUT2D eigenvalue weighted by atomic mass is 16.5. The van der Waals surface area contributed by atoms with E-state index in [-0.39, 0.29) is 19.1 Å². The Bertz CT molecular complexity index is 506. The Morgan fingerprint density at radius 2 is 2.22 bits per heavy atom. The van der Waals surface area contributed by atoms with E-state index in [1.54, 1.807) is 0 Å². The summed E-state index contributed by atoms with van der Waals surface area (Å²) in [4.78, 5) is 17.7. The predicted octanol–water partition coefficient (Wildman–Crippen LogP) is -0.232. The molecule has 8 heteroatoms. The van der Waals surface area contributed by atoms with Crippen molar-refractivity contribution in [1.82, 2.24) is 10.3 Å². The van der Waals surface area contributed by atoms with Gasteiger partial charge in [-0.05, 0) is 6.42 Å². The molecule has 1 aliphatic rings. The van der Waals surface area contributed by atoms with Crippen molar-refractivity contribution in [2.24, 2.45) is 0 Å². The van der Waals surface area contributed by atoms with Gasteiger partial charge in [0.2, 0.25) is 11.8 Å². The number of morpholine rings is 1. The van der Waals surface area contributed by atoms with Gasteiger partial charge in [0.25, 0.3) is 0 Å². The third kappa shape index (κ3) is 5.91. The second-order valence-electron chi connectivity index (χ2n) is 5.21. The first-order chi connectivity index (χ1) is 11.2. The fraction of sp³-hybridized carbons (Fsp3) is 0.600. The summed E-state index contributed by atoms with van der Waals surface area (Å²) in [6.45, 7) is 3.62. The van der Waals surface area contributed by atoms with Gasteiger partial charge in [-0.15, -0.1) is 0 Å². The molecule has 4 N–H and O–H groups in total. The highest BCUT2D eigenvalue weighted by molar-refractivity contribution is 5.75. The molecule has 0 aliphatic carbocycles. The number of nitrogen functional groups attached to an aromatic ring is 1. The summed E-state index contributed by atoms with van der Waals surface area (Å²) >= 11 is 0. The molecular formula is C15H24N4O4. The minimum atomic E-state index is -0.0998. The summed E-state index contributed by atoms with van der Waals surface area (Å²) in [5.41, 5.74) is 6.81. The van der Waals surface area contributed by atoms with Crippen LogP contribution in [-0.2, 0) is 9.53 Å². The van der Waals surface area contributed by atoms with Crippen LogP contribution >= 0.6 is 0 Å². The van der Waals surface area contributed by atoms with E-state index < -0.39 is 0 Å². The molecule has 1 aliphatic heterocycles. The molecule has 0 aromatic carbocycles. The number of nitrogens with one attached hydrogen (secondary N) is 1. The number of pyridine rings is 1. The van der Waals surface area contributed by atoms with Gasteiger partial charge in [-0.3, -0.25) is 4.79 Å². The van der Waals surface area contributed by atoms with Gasteiger partial charge in [0, 0.05) is 43.9 Å². The normalized spacial score (nSPS) is 14.6. The van der Waals surface area contributed by atoms with E-state index in [2.05, 4.69) is 15.2 Å². The van der Waals surface area contributed by atoms with E-state index in [1.165, 1.54) is 0 Å². The van der Waals surface area contributed by atoms with E-state index in [9.17, 15) is 4.79 Å². The van der Waals surface area contributed by atoms with Crippen LogP contribution in [0.5, 0.6) is 5.88 Å². The molecule has 1 aromatic heterocycles. The highest BCUT2D eigenvalue weighted by Gasteiger charge is 2.13. The number of anilines is 2. The van der Waals surface area contributed by atoms with Gasteiger partial charge >= 0.3 is 0 Å². The molecule has 1 fully saturated rings. The van der Waals surface area contributed by atoms with Gasteiger partial charge in [-0.2, -0.15) is 4.98 Å². The summed E-state index contributed by atoms with van der Waals surface area (Å²) in [6, 6.07) is 3.67. The Hall–Kier alpha value is -2.06. The minimum Gasteiger partial charge on any atom is -0.478 e. The summed E-state index contributed by atoms with van der Waals surface area (Å²) in [7, 11) is 0. The molecule has 0 atom stereocenters. The molecular weight excluding hydrogens is 300 g/mol. The largest absolute Gasteiger partial charge is 0.478 e. The lowest BCUT2D eigenvalue weighted by Crippen LogP contribution is -2.36. The molecule has 1 amide bonds. The van der Waals surface area contributed by atoms with Crippen LogP contribution in [-0.4, -0.2) is 62.1 Å². The SMILES string of the molecule is Nc1cc(N2CCOCC2)cc(OCCCC(=O)NCCO)n1. The quantitative estimate of drug-likeness (QED) is 0.566. The monoisotopic (exact) mass is 324 g/mol. The molecule has 128 valence electrons. The first-order valence-corrected chi connectivity index (χ1v) is 7.79. The van der Waals surface area contributed by atoms with Crippen molar-refractivity contribution >= 4 is 17.4 Å². The summed E-state index contributed by atoms with van der Waals surface area (Å²) in [5.74, 6) is 0.768. The topological polar surface area (TPSA) is 110 Å². The van der Waals surface area contributed by atoms with Crippen LogP contribution in [0.1, 0.15) is 12.8 Å². The molecule has 1 aromatic rings. The number of aliphatic hydroxyl groups excluding tert-OH is 1. The number of carbonyl (C=O) groups is 1. The Labute approximate surface area is 135 Å². The predicted molar refractivity (Wildman–Crippen MR) is 86.5 cm³/mol. The van der Waals surface area contributed by atoms with E-state index in [4.69, 9.17) is 20.3 Å². The average Bonchev–Trinajstić information content (AvgIpc) is 2.57. The lowest BCUT2D eigenvalue weighted by Gasteiger charge is -2.29. The van der Waals surface area contributed by atoms with Crippen molar-refractivity contribution in [3.8, 4) is 5.88 Å². The van der Waals surface area contributed by atoms with Crippen LogP contribution in [0.2, 0.25) is 0 Å². The summed E-state index contributed by atoms with van der Waals surface area (Å²) in [6.07, 6.45) is 0.916. The smallest absolute Gasteiger partial charge is 0.220 e. The maximum absolute atomic E-state index is 11.4. The molecule has 2 heterocycles. The van der Waals surface area contributed by atoms with E-state index >= 15 is 0 Å². The maximum Gasteiger partial charge on any atom is 0.220 e. The van der Waals surface area contributed by atoms with Crippen molar-refractivity contribution in [1.29, 1.82) is 0 Å². The van der Waals surface area contributed by atoms with Crippen LogP contribution in [0.4, 0.5) is 11.5 Å². The molecule has 23 heavy (non-hydrogen) atoms. The second-order valence-corrected chi connectivity index (χ2v) is 5.21. The van der Waals surface area contributed by atoms with Crippen molar-refractivity contribution in [2.75, 3.05) is 56.7 Å². The third-order valence-corrected chi connectivity index (χ3v) is 3.41. The Morgan fingerprint density at radius 1 is 1.43 bits per heavy atom. The van der Waals surface area contributed by atoms with E-state index in [0.717, 1.165) is 18.8 Å². The number of carbonyl (C=O) groups excluding carboxylic acids is 1. The number of amides is 1. The number of hydrogen-bond acceptors (Lipinski definition) is 7. The number of nitrogens with zero attached hydrogens (tertiary/aromatic N) is 2. The number of aliphatic hydroxyl groups is 1. The van der Waals surface area contributed by atoms with Crippen LogP contribution in [0.25, 0.3) is 0 Å². The van der Waals surface area contributed by atoms with Gasteiger partial charge in [0.1, 0.15) is 5.82 Å². The highest BCUT2D eigenvalue weighted by Crippen LogP contribution is 2.23. The molecule has 0 saturated carbocycles. The van der Waals surface area contributed by atoms with Gasteiger partial charge in [-0.25, -0.2) is 0 Å². The number of ether oxygens (including phenoxy) is 2. The lowest BCUT2D eigenvalue weighted by atomic mass is 10.3. The fourth-order valence-electron chi connectivity index (χ4n) is 2.28. The van der Waals surface area contributed by atoms with Gasteiger partial charge < -0.3 is 30.5 Å². The van der Waals surface area contributed by atoms with Crippen LogP contribution in [0.15, 0.2) is 12.1 Å².